The Bertz CT molecular complexity index is 236. The molecule has 2 rings (SSSR count). The summed E-state index contributed by atoms with van der Waals surface area (Å²) >= 11 is 0. The van der Waals surface area contributed by atoms with Crippen molar-refractivity contribution in [1.29, 1.82) is 0 Å². The first-order chi connectivity index (χ1) is 7.74. The zero-order valence-corrected chi connectivity index (χ0v) is 10.4. The van der Waals surface area contributed by atoms with Gasteiger partial charge in [0, 0.05) is 19.0 Å². The molecule has 1 saturated heterocycles. The van der Waals surface area contributed by atoms with Crippen LogP contribution in [-0.2, 0) is 4.79 Å². The minimum absolute atomic E-state index is 0.256. The number of nitrogens with one attached hydrogen (secondary N) is 1. The van der Waals surface area contributed by atoms with E-state index >= 15 is 0 Å². The van der Waals surface area contributed by atoms with Crippen molar-refractivity contribution in [2.45, 2.75) is 51.5 Å². The molecular formula is C13H24N2O. The molecule has 0 aromatic rings. The number of hydrogen-bond acceptors (Lipinski definition) is 2. The van der Waals surface area contributed by atoms with Gasteiger partial charge in [-0.1, -0.05) is 6.92 Å². The van der Waals surface area contributed by atoms with Crippen molar-refractivity contribution in [3.63, 3.8) is 0 Å². The second-order valence-corrected chi connectivity index (χ2v) is 5.48. The summed E-state index contributed by atoms with van der Waals surface area (Å²) in [4.78, 5) is 14.1. The predicted octanol–water partition coefficient (Wildman–Crippen LogP) is 1.78. The third kappa shape index (κ3) is 3.48. The minimum atomic E-state index is 0.256. The Hall–Kier alpha value is -0.570. The van der Waals surface area contributed by atoms with Gasteiger partial charge in [-0.05, 0) is 51.1 Å². The monoisotopic (exact) mass is 224 g/mol. The van der Waals surface area contributed by atoms with E-state index in [2.05, 4.69) is 17.1 Å². The fourth-order valence-electron chi connectivity index (χ4n) is 2.90. The highest BCUT2D eigenvalue weighted by molar-refractivity contribution is 5.76. The van der Waals surface area contributed by atoms with Crippen LogP contribution in [0.15, 0.2) is 0 Å². The minimum Gasteiger partial charge on any atom is -0.353 e. The van der Waals surface area contributed by atoms with Crippen LogP contribution in [0.5, 0.6) is 0 Å². The van der Waals surface area contributed by atoms with Crippen molar-refractivity contribution < 1.29 is 4.79 Å². The van der Waals surface area contributed by atoms with Crippen LogP contribution in [-0.4, -0.2) is 36.5 Å². The van der Waals surface area contributed by atoms with Gasteiger partial charge in [-0.2, -0.15) is 0 Å². The largest absolute Gasteiger partial charge is 0.353 e. The quantitative estimate of drug-likeness (QED) is 0.789. The molecule has 1 amide bonds. The highest BCUT2D eigenvalue weighted by Crippen LogP contribution is 2.24. The van der Waals surface area contributed by atoms with E-state index in [4.69, 9.17) is 0 Å². The molecule has 2 atom stereocenters. The summed E-state index contributed by atoms with van der Waals surface area (Å²) in [7, 11) is 0. The van der Waals surface area contributed by atoms with E-state index in [1.54, 1.807) is 0 Å². The van der Waals surface area contributed by atoms with Crippen LogP contribution in [0.4, 0.5) is 0 Å². The summed E-state index contributed by atoms with van der Waals surface area (Å²) in [5, 5.41) is 3.17. The lowest BCUT2D eigenvalue weighted by atomic mass is 10.1. The Labute approximate surface area is 98.6 Å². The normalized spacial score (nSPS) is 30.8. The second-order valence-electron chi connectivity index (χ2n) is 5.48. The maximum atomic E-state index is 11.7. The van der Waals surface area contributed by atoms with E-state index in [-0.39, 0.29) is 5.91 Å². The number of hydrogen-bond donors (Lipinski definition) is 1. The van der Waals surface area contributed by atoms with Gasteiger partial charge in [0.25, 0.3) is 0 Å². The van der Waals surface area contributed by atoms with Crippen LogP contribution in [0.2, 0.25) is 0 Å². The fraction of sp³-hybridized carbons (Fsp3) is 0.923. The number of carbonyl (C=O) groups excluding carboxylic acids is 1. The zero-order chi connectivity index (χ0) is 11.4. The van der Waals surface area contributed by atoms with Gasteiger partial charge < -0.3 is 10.2 Å². The Kier molecular flexibility index (Phi) is 4.22. The van der Waals surface area contributed by atoms with Crippen LogP contribution in [0.25, 0.3) is 0 Å². The van der Waals surface area contributed by atoms with Gasteiger partial charge in [0.2, 0.25) is 5.91 Å². The predicted molar refractivity (Wildman–Crippen MR) is 65.2 cm³/mol. The standard InChI is InChI=1S/C13H24N2O/c1-11-4-5-12(10-11)14-13(16)6-9-15-7-2-3-8-15/h11-12H,2-10H2,1H3,(H,14,16). The summed E-state index contributed by atoms with van der Waals surface area (Å²) in [6.07, 6.45) is 6.93. The first-order valence-electron chi connectivity index (χ1n) is 6.76. The van der Waals surface area contributed by atoms with Crippen molar-refractivity contribution in [3.8, 4) is 0 Å². The molecule has 92 valence electrons. The number of amides is 1. The van der Waals surface area contributed by atoms with Crippen LogP contribution >= 0.6 is 0 Å². The maximum absolute atomic E-state index is 11.7. The highest BCUT2D eigenvalue weighted by Gasteiger charge is 2.22. The van der Waals surface area contributed by atoms with Gasteiger partial charge >= 0.3 is 0 Å². The highest BCUT2D eigenvalue weighted by atomic mass is 16.1. The Morgan fingerprint density at radius 1 is 1.31 bits per heavy atom. The second kappa shape index (κ2) is 5.67. The third-order valence-corrected chi connectivity index (χ3v) is 3.91. The molecule has 0 aromatic heterocycles. The van der Waals surface area contributed by atoms with Gasteiger partial charge in [-0.25, -0.2) is 0 Å². The Morgan fingerprint density at radius 3 is 2.69 bits per heavy atom. The molecule has 16 heavy (non-hydrogen) atoms. The first kappa shape index (κ1) is 11.9. The average Bonchev–Trinajstić information content (AvgIpc) is 2.87. The van der Waals surface area contributed by atoms with Gasteiger partial charge in [-0.15, -0.1) is 0 Å². The summed E-state index contributed by atoms with van der Waals surface area (Å²) < 4.78 is 0. The molecule has 0 bridgehead atoms. The molecule has 0 radical (unpaired) electrons. The van der Waals surface area contributed by atoms with Crippen molar-refractivity contribution in [2.24, 2.45) is 5.92 Å². The number of rotatable bonds is 4. The van der Waals surface area contributed by atoms with E-state index in [1.807, 2.05) is 0 Å². The van der Waals surface area contributed by atoms with Crippen molar-refractivity contribution >= 4 is 5.91 Å². The lowest BCUT2D eigenvalue weighted by Crippen LogP contribution is -2.35. The lowest BCUT2D eigenvalue weighted by Gasteiger charge is -2.16. The fourth-order valence-corrected chi connectivity index (χ4v) is 2.90. The van der Waals surface area contributed by atoms with Gasteiger partial charge in [0.15, 0.2) is 0 Å². The lowest BCUT2D eigenvalue weighted by molar-refractivity contribution is -0.122. The first-order valence-corrected chi connectivity index (χ1v) is 6.76. The Balaban J connectivity index is 1.60. The van der Waals surface area contributed by atoms with Crippen LogP contribution in [0.1, 0.15) is 45.4 Å². The topological polar surface area (TPSA) is 32.3 Å². The summed E-state index contributed by atoms with van der Waals surface area (Å²) in [6.45, 7) is 5.60. The summed E-state index contributed by atoms with van der Waals surface area (Å²) in [5.41, 5.74) is 0. The van der Waals surface area contributed by atoms with Crippen LogP contribution < -0.4 is 5.32 Å². The van der Waals surface area contributed by atoms with Crippen LogP contribution in [0.3, 0.4) is 0 Å². The molecule has 1 saturated carbocycles. The van der Waals surface area contributed by atoms with E-state index in [0.717, 1.165) is 12.5 Å². The molecule has 0 spiro atoms. The molecule has 2 fully saturated rings. The van der Waals surface area contributed by atoms with Crippen molar-refractivity contribution in [2.75, 3.05) is 19.6 Å². The molecule has 2 unspecified atom stereocenters. The molecular weight excluding hydrogens is 200 g/mol. The Morgan fingerprint density at radius 2 is 2.06 bits per heavy atom. The summed E-state index contributed by atoms with van der Waals surface area (Å²) in [6, 6.07) is 0.459. The SMILES string of the molecule is CC1CCC(NC(=O)CCN2CCCC2)C1. The molecule has 0 aromatic carbocycles. The van der Waals surface area contributed by atoms with E-state index in [1.165, 1.54) is 45.2 Å². The van der Waals surface area contributed by atoms with Gasteiger partial charge in [0.1, 0.15) is 0 Å². The van der Waals surface area contributed by atoms with Crippen molar-refractivity contribution in [3.05, 3.63) is 0 Å². The van der Waals surface area contributed by atoms with Crippen molar-refractivity contribution in [1.82, 2.24) is 10.2 Å². The molecule has 2 aliphatic rings. The molecule has 3 heteroatoms. The van der Waals surface area contributed by atoms with Gasteiger partial charge in [0.05, 0.1) is 0 Å². The average molecular weight is 224 g/mol. The molecule has 1 heterocycles. The molecule has 1 aliphatic carbocycles. The van der Waals surface area contributed by atoms with E-state index in [9.17, 15) is 4.79 Å². The number of likely N-dealkylation sites (tertiary alicyclic amines) is 1. The van der Waals surface area contributed by atoms with E-state index in [0.29, 0.717) is 12.5 Å². The third-order valence-electron chi connectivity index (χ3n) is 3.91. The van der Waals surface area contributed by atoms with E-state index < -0.39 is 0 Å². The molecule has 1 N–H and O–H groups in total. The number of carbonyl (C=O) groups is 1. The zero-order valence-electron chi connectivity index (χ0n) is 10.4. The molecule has 1 aliphatic heterocycles. The van der Waals surface area contributed by atoms with Gasteiger partial charge in [-0.3, -0.25) is 4.79 Å². The smallest absolute Gasteiger partial charge is 0.221 e. The number of nitrogens with zero attached hydrogens (tertiary/aromatic N) is 1. The maximum Gasteiger partial charge on any atom is 0.221 e. The summed E-state index contributed by atoms with van der Waals surface area (Å²) in [5.74, 6) is 1.05. The van der Waals surface area contributed by atoms with Crippen LogP contribution in [0, 0.1) is 5.92 Å². The molecule has 3 nitrogen and oxygen atoms in total.